The quantitative estimate of drug-likeness (QED) is 0.542. The number of nitrogens with one attached hydrogen (secondary N) is 1. The van der Waals surface area contributed by atoms with Crippen LogP contribution in [0.4, 0.5) is 0 Å². The fraction of sp³-hybridized carbons (Fsp3) is 0.690. The van der Waals surface area contributed by atoms with Gasteiger partial charge in [0.05, 0.1) is 5.56 Å². The second kappa shape index (κ2) is 11.3. The average Bonchev–Trinajstić information content (AvgIpc) is 3.17. The van der Waals surface area contributed by atoms with Crippen LogP contribution in [-0.2, 0) is 10.2 Å². The molecular weight excluding hydrogens is 454 g/mol. The highest BCUT2D eigenvalue weighted by molar-refractivity contribution is 6.00. The Morgan fingerprint density at radius 3 is 2.39 bits per heavy atom. The van der Waals surface area contributed by atoms with Crippen molar-refractivity contribution in [2.24, 2.45) is 5.92 Å². The Morgan fingerprint density at radius 2 is 1.81 bits per heavy atom. The van der Waals surface area contributed by atoms with E-state index in [1.54, 1.807) is 12.1 Å². The second-order valence-corrected chi connectivity index (χ2v) is 12.0. The van der Waals surface area contributed by atoms with Gasteiger partial charge in [0.25, 0.3) is 5.91 Å². The van der Waals surface area contributed by atoms with E-state index >= 15 is 0 Å². The Hall–Kier alpha value is -2.41. The van der Waals surface area contributed by atoms with Gasteiger partial charge in [-0.05, 0) is 88.1 Å². The van der Waals surface area contributed by atoms with E-state index in [-0.39, 0.29) is 28.5 Å². The van der Waals surface area contributed by atoms with Crippen LogP contribution in [-0.4, -0.2) is 70.4 Å². The number of likely N-dealkylation sites (tertiary alicyclic amines) is 1. The molecule has 4 atom stereocenters. The van der Waals surface area contributed by atoms with Crippen LogP contribution in [0.15, 0.2) is 18.2 Å². The molecule has 7 heteroatoms. The van der Waals surface area contributed by atoms with Crippen LogP contribution in [0.1, 0.15) is 106 Å². The van der Waals surface area contributed by atoms with Gasteiger partial charge in [-0.3, -0.25) is 9.59 Å². The number of carbonyl (C=O) groups excluding carboxylic acids is 2. The summed E-state index contributed by atoms with van der Waals surface area (Å²) in [6.07, 6.45) is 5.96. The first-order chi connectivity index (χ1) is 16.8. The molecule has 36 heavy (non-hydrogen) atoms. The van der Waals surface area contributed by atoms with Crippen molar-refractivity contribution in [2.75, 3.05) is 13.6 Å². The number of aromatic carboxylic acids is 1. The van der Waals surface area contributed by atoms with Crippen molar-refractivity contribution in [1.82, 2.24) is 15.1 Å². The van der Waals surface area contributed by atoms with Crippen molar-refractivity contribution in [1.29, 1.82) is 0 Å². The third-order valence-corrected chi connectivity index (χ3v) is 8.22. The molecule has 1 saturated heterocycles. The number of nitrogens with zero attached hydrogens (tertiary/aromatic N) is 2. The fourth-order valence-corrected chi connectivity index (χ4v) is 5.83. The summed E-state index contributed by atoms with van der Waals surface area (Å²) in [5, 5.41) is 12.5. The predicted molar refractivity (Wildman–Crippen MR) is 142 cm³/mol. The molecule has 2 amide bonds. The molecular formula is C29H45N3O4. The molecule has 0 radical (unpaired) electrons. The minimum absolute atomic E-state index is 0.00412. The van der Waals surface area contributed by atoms with E-state index in [1.807, 2.05) is 25.7 Å². The molecule has 7 nitrogen and oxygen atoms in total. The molecule has 2 aliphatic rings. The van der Waals surface area contributed by atoms with Gasteiger partial charge >= 0.3 is 5.97 Å². The van der Waals surface area contributed by atoms with Crippen molar-refractivity contribution in [3.05, 3.63) is 34.9 Å². The molecule has 1 aromatic rings. The number of amides is 2. The van der Waals surface area contributed by atoms with Gasteiger partial charge in [-0.25, -0.2) is 4.79 Å². The summed E-state index contributed by atoms with van der Waals surface area (Å²) in [6, 6.07) is 5.45. The summed E-state index contributed by atoms with van der Waals surface area (Å²) >= 11 is 0. The standard InChI is InChI=1S/C29H45N3O4/c1-8-9-19-17-23(31(7)18(2)3)10-11-25(19)32-13-12-24(27(32)34)30-26(33)20-14-21(28(35)36)16-22(15-20)29(4,5)6/h14-16,18-19,23-25H,8-13,17H2,1-7H3,(H,30,33)(H,35,36)/t19-,23-,24+,25+/m1/s1. The van der Waals surface area contributed by atoms with E-state index in [9.17, 15) is 19.5 Å². The van der Waals surface area contributed by atoms with Gasteiger partial charge in [0.2, 0.25) is 5.91 Å². The SMILES string of the molecule is CCC[C@@H]1C[C@H](N(C)C(C)C)CC[C@@H]1N1CC[C@H](NC(=O)c2cc(C(=O)O)cc(C(C)(C)C)c2)C1=O. The van der Waals surface area contributed by atoms with E-state index in [0.29, 0.717) is 31.0 Å². The molecule has 1 aliphatic carbocycles. The molecule has 1 aliphatic heterocycles. The largest absolute Gasteiger partial charge is 0.478 e. The van der Waals surface area contributed by atoms with Crippen molar-refractivity contribution in [2.45, 2.75) is 110 Å². The molecule has 1 aromatic carbocycles. The van der Waals surface area contributed by atoms with Gasteiger partial charge in [0, 0.05) is 30.2 Å². The fourth-order valence-electron chi connectivity index (χ4n) is 5.83. The lowest BCUT2D eigenvalue weighted by atomic mass is 9.77. The summed E-state index contributed by atoms with van der Waals surface area (Å²) in [4.78, 5) is 42.7. The number of rotatable bonds is 8. The molecule has 0 aromatic heterocycles. The summed E-state index contributed by atoms with van der Waals surface area (Å²) < 4.78 is 0. The molecule has 0 bridgehead atoms. The number of benzene rings is 1. The summed E-state index contributed by atoms with van der Waals surface area (Å²) in [7, 11) is 2.20. The van der Waals surface area contributed by atoms with Crippen molar-refractivity contribution >= 4 is 17.8 Å². The zero-order valence-corrected chi connectivity index (χ0v) is 23.1. The monoisotopic (exact) mass is 499 g/mol. The Balaban J connectivity index is 1.73. The minimum atomic E-state index is -1.07. The van der Waals surface area contributed by atoms with Gasteiger partial charge in [0.15, 0.2) is 0 Å². The first kappa shape index (κ1) is 28.2. The van der Waals surface area contributed by atoms with E-state index in [1.165, 1.54) is 6.07 Å². The Kier molecular flexibility index (Phi) is 8.86. The maximum Gasteiger partial charge on any atom is 0.335 e. The molecule has 0 spiro atoms. The number of carboxylic acids is 1. The van der Waals surface area contributed by atoms with Crippen LogP contribution in [0.5, 0.6) is 0 Å². The van der Waals surface area contributed by atoms with Gasteiger partial charge in [0.1, 0.15) is 6.04 Å². The van der Waals surface area contributed by atoms with Crippen molar-refractivity contribution < 1.29 is 19.5 Å². The molecule has 2 N–H and O–H groups in total. The highest BCUT2D eigenvalue weighted by Gasteiger charge is 2.42. The Labute approximate surface area is 216 Å². The summed E-state index contributed by atoms with van der Waals surface area (Å²) in [5.41, 5.74) is 0.833. The van der Waals surface area contributed by atoms with Crippen molar-refractivity contribution in [3.8, 4) is 0 Å². The molecule has 3 rings (SSSR count). The van der Waals surface area contributed by atoms with Gasteiger partial charge in [-0.15, -0.1) is 0 Å². The molecule has 2 fully saturated rings. The van der Waals surface area contributed by atoms with Crippen LogP contribution in [0.25, 0.3) is 0 Å². The van der Waals surface area contributed by atoms with Crippen LogP contribution in [0.3, 0.4) is 0 Å². The summed E-state index contributed by atoms with van der Waals surface area (Å²) in [6.45, 7) is 13.3. The number of hydrogen-bond donors (Lipinski definition) is 2. The zero-order chi connectivity index (χ0) is 26.8. The van der Waals surface area contributed by atoms with E-state index in [2.05, 4.69) is 38.0 Å². The molecule has 0 unspecified atom stereocenters. The van der Waals surface area contributed by atoms with Gasteiger partial charge < -0.3 is 20.2 Å². The highest BCUT2D eigenvalue weighted by atomic mass is 16.4. The van der Waals surface area contributed by atoms with Crippen LogP contribution >= 0.6 is 0 Å². The Bertz CT molecular complexity index is 968. The van der Waals surface area contributed by atoms with E-state index in [4.69, 9.17) is 0 Å². The first-order valence-corrected chi connectivity index (χ1v) is 13.6. The average molecular weight is 500 g/mol. The Morgan fingerprint density at radius 1 is 1.14 bits per heavy atom. The lowest BCUT2D eigenvalue weighted by Crippen LogP contribution is -2.51. The second-order valence-electron chi connectivity index (χ2n) is 12.0. The van der Waals surface area contributed by atoms with Gasteiger partial charge in [-0.2, -0.15) is 0 Å². The molecule has 1 saturated carbocycles. The normalized spacial score (nSPS) is 25.0. The lowest BCUT2D eigenvalue weighted by molar-refractivity contribution is -0.133. The number of carbonyl (C=O) groups is 3. The lowest BCUT2D eigenvalue weighted by Gasteiger charge is -2.44. The smallest absolute Gasteiger partial charge is 0.335 e. The van der Waals surface area contributed by atoms with E-state index < -0.39 is 17.9 Å². The van der Waals surface area contributed by atoms with Crippen LogP contribution in [0, 0.1) is 5.92 Å². The van der Waals surface area contributed by atoms with Gasteiger partial charge in [-0.1, -0.05) is 34.1 Å². The first-order valence-electron chi connectivity index (χ1n) is 13.6. The third kappa shape index (κ3) is 6.28. The topological polar surface area (TPSA) is 89.9 Å². The number of carboxylic acid groups (broad SMARTS) is 1. The predicted octanol–water partition coefficient (Wildman–Crippen LogP) is 4.69. The number of hydrogen-bond acceptors (Lipinski definition) is 4. The minimum Gasteiger partial charge on any atom is -0.478 e. The molecule has 200 valence electrons. The maximum atomic E-state index is 13.5. The highest BCUT2D eigenvalue weighted by Crippen LogP contribution is 2.36. The summed E-state index contributed by atoms with van der Waals surface area (Å²) in [5.74, 6) is -0.999. The van der Waals surface area contributed by atoms with Crippen LogP contribution < -0.4 is 5.32 Å². The zero-order valence-electron chi connectivity index (χ0n) is 23.1. The van der Waals surface area contributed by atoms with Crippen LogP contribution in [0.2, 0.25) is 0 Å². The third-order valence-electron chi connectivity index (χ3n) is 8.22. The molecule has 1 heterocycles. The van der Waals surface area contributed by atoms with Crippen molar-refractivity contribution in [3.63, 3.8) is 0 Å². The van der Waals surface area contributed by atoms with E-state index in [0.717, 1.165) is 37.7 Å². The maximum absolute atomic E-state index is 13.5.